The van der Waals surface area contributed by atoms with Gasteiger partial charge < -0.3 is 10.0 Å². The molecule has 0 spiro atoms. The van der Waals surface area contributed by atoms with E-state index in [-0.39, 0.29) is 29.5 Å². The van der Waals surface area contributed by atoms with Gasteiger partial charge in [0.15, 0.2) is 0 Å². The van der Waals surface area contributed by atoms with Gasteiger partial charge in [-0.1, -0.05) is 38.4 Å². The standard InChI is InChI=1S/C28H32ClN3O2/c1-17-10-23(33)11-18(2)32(17)27(34)20-6-7-24(25(29)13-20)22-12-21(15-30-16-22)19-8-9-31-26(14-19)28(3,4)5/h6-9,12-18,23,33H,10-11H2,1-5H3/t17-,18-/m0/s1. The van der Waals surface area contributed by atoms with Gasteiger partial charge in [-0.3, -0.25) is 14.8 Å². The summed E-state index contributed by atoms with van der Waals surface area (Å²) < 4.78 is 0. The average molecular weight is 478 g/mol. The number of pyridine rings is 2. The van der Waals surface area contributed by atoms with Crippen LogP contribution in [0.25, 0.3) is 22.3 Å². The number of aliphatic hydroxyl groups is 1. The van der Waals surface area contributed by atoms with Crippen LogP contribution >= 0.6 is 11.6 Å². The number of hydrogen-bond donors (Lipinski definition) is 1. The molecule has 0 unspecified atom stereocenters. The molecule has 178 valence electrons. The Labute approximate surface area is 206 Å². The van der Waals surface area contributed by atoms with E-state index in [0.29, 0.717) is 23.4 Å². The van der Waals surface area contributed by atoms with Crippen LogP contribution < -0.4 is 0 Å². The Morgan fingerprint density at radius 1 is 1.00 bits per heavy atom. The van der Waals surface area contributed by atoms with Crippen molar-refractivity contribution < 1.29 is 9.90 Å². The van der Waals surface area contributed by atoms with E-state index >= 15 is 0 Å². The van der Waals surface area contributed by atoms with Crippen molar-refractivity contribution in [3.63, 3.8) is 0 Å². The van der Waals surface area contributed by atoms with E-state index in [4.69, 9.17) is 11.6 Å². The Hall–Kier alpha value is -2.76. The number of aromatic nitrogens is 2. The zero-order chi connectivity index (χ0) is 24.6. The van der Waals surface area contributed by atoms with Crippen molar-refractivity contribution in [3.05, 3.63) is 71.3 Å². The first-order valence-electron chi connectivity index (χ1n) is 11.8. The Bertz CT molecular complexity index is 1190. The predicted octanol–water partition coefficient (Wildman–Crippen LogP) is 6.14. The Kier molecular flexibility index (Phi) is 6.79. The van der Waals surface area contributed by atoms with Gasteiger partial charge in [-0.15, -0.1) is 0 Å². The summed E-state index contributed by atoms with van der Waals surface area (Å²) in [7, 11) is 0. The van der Waals surface area contributed by atoms with Crippen molar-refractivity contribution in [2.24, 2.45) is 0 Å². The summed E-state index contributed by atoms with van der Waals surface area (Å²) in [6.45, 7) is 10.4. The molecule has 3 heterocycles. The molecule has 2 atom stereocenters. The van der Waals surface area contributed by atoms with Crippen LogP contribution in [-0.2, 0) is 5.41 Å². The van der Waals surface area contributed by atoms with Crippen LogP contribution in [-0.4, -0.2) is 44.1 Å². The molecule has 5 nitrogen and oxygen atoms in total. The van der Waals surface area contributed by atoms with E-state index < -0.39 is 0 Å². The number of likely N-dealkylation sites (tertiary alicyclic amines) is 1. The zero-order valence-electron chi connectivity index (χ0n) is 20.4. The number of piperidine rings is 1. The van der Waals surface area contributed by atoms with Gasteiger partial charge in [0, 0.05) is 69.1 Å². The van der Waals surface area contributed by atoms with E-state index in [1.807, 2.05) is 49.3 Å². The Morgan fingerprint density at radius 3 is 2.32 bits per heavy atom. The van der Waals surface area contributed by atoms with Crippen molar-refractivity contribution in [2.45, 2.75) is 71.1 Å². The fraction of sp³-hybridized carbons (Fsp3) is 0.393. The molecule has 0 radical (unpaired) electrons. The van der Waals surface area contributed by atoms with Gasteiger partial charge in [-0.05, 0) is 62.6 Å². The SMILES string of the molecule is C[C@H]1CC(O)C[C@H](C)N1C(=O)c1ccc(-c2cncc(-c3ccnc(C(C)(C)C)c3)c2)c(Cl)c1. The second-order valence-corrected chi connectivity index (χ2v) is 10.8. The topological polar surface area (TPSA) is 66.3 Å². The summed E-state index contributed by atoms with van der Waals surface area (Å²) in [5.41, 5.74) is 5.27. The number of hydrogen-bond acceptors (Lipinski definition) is 4. The third-order valence-corrected chi connectivity index (χ3v) is 6.85. The van der Waals surface area contributed by atoms with Gasteiger partial charge in [0.2, 0.25) is 0 Å². The molecule has 0 aliphatic carbocycles. The predicted molar refractivity (Wildman–Crippen MR) is 137 cm³/mol. The smallest absolute Gasteiger partial charge is 0.254 e. The summed E-state index contributed by atoms with van der Waals surface area (Å²) in [5.74, 6) is -0.0567. The Morgan fingerprint density at radius 2 is 1.68 bits per heavy atom. The zero-order valence-corrected chi connectivity index (χ0v) is 21.2. The lowest BCUT2D eigenvalue weighted by molar-refractivity contribution is 0.0144. The first kappa shape index (κ1) is 24.4. The van der Waals surface area contributed by atoms with Gasteiger partial charge in [-0.25, -0.2) is 0 Å². The molecule has 6 heteroatoms. The molecule has 0 bridgehead atoms. The second-order valence-electron chi connectivity index (χ2n) is 10.4. The third kappa shape index (κ3) is 5.01. The molecular formula is C28H32ClN3O2. The number of carbonyl (C=O) groups is 1. The molecule has 0 saturated carbocycles. The maximum absolute atomic E-state index is 13.2. The lowest BCUT2D eigenvalue weighted by atomic mass is 9.90. The summed E-state index contributed by atoms with van der Waals surface area (Å²) >= 11 is 6.68. The quantitative estimate of drug-likeness (QED) is 0.492. The summed E-state index contributed by atoms with van der Waals surface area (Å²) in [6.07, 6.45) is 6.27. The molecule has 1 amide bonds. The fourth-order valence-corrected chi connectivity index (χ4v) is 5.03. The highest BCUT2D eigenvalue weighted by molar-refractivity contribution is 6.33. The number of nitrogens with zero attached hydrogens (tertiary/aromatic N) is 3. The molecule has 1 saturated heterocycles. The minimum Gasteiger partial charge on any atom is -0.393 e. The highest BCUT2D eigenvalue weighted by Crippen LogP contribution is 2.33. The van der Waals surface area contributed by atoms with Crippen LogP contribution in [0.15, 0.2) is 55.0 Å². The number of benzene rings is 1. The van der Waals surface area contributed by atoms with E-state index in [0.717, 1.165) is 27.9 Å². The van der Waals surface area contributed by atoms with Crippen molar-refractivity contribution in [3.8, 4) is 22.3 Å². The van der Waals surface area contributed by atoms with Gasteiger partial charge in [0.25, 0.3) is 5.91 Å². The van der Waals surface area contributed by atoms with Crippen LogP contribution in [0.2, 0.25) is 5.02 Å². The van der Waals surface area contributed by atoms with Gasteiger partial charge in [0.05, 0.1) is 6.10 Å². The number of carbonyl (C=O) groups excluding carboxylic acids is 1. The monoisotopic (exact) mass is 477 g/mol. The summed E-state index contributed by atoms with van der Waals surface area (Å²) in [6, 6.07) is 11.5. The van der Waals surface area contributed by atoms with Crippen molar-refractivity contribution >= 4 is 17.5 Å². The molecule has 34 heavy (non-hydrogen) atoms. The van der Waals surface area contributed by atoms with Crippen molar-refractivity contribution in [1.29, 1.82) is 0 Å². The van der Waals surface area contributed by atoms with Gasteiger partial charge in [0.1, 0.15) is 0 Å². The molecule has 1 aliphatic rings. The molecule has 3 aromatic rings. The molecule has 1 aliphatic heterocycles. The van der Waals surface area contributed by atoms with Crippen LogP contribution in [0.4, 0.5) is 0 Å². The highest BCUT2D eigenvalue weighted by Gasteiger charge is 2.33. The van der Waals surface area contributed by atoms with Gasteiger partial charge in [-0.2, -0.15) is 0 Å². The summed E-state index contributed by atoms with van der Waals surface area (Å²) in [4.78, 5) is 24.1. The van der Waals surface area contributed by atoms with Crippen LogP contribution in [0.5, 0.6) is 0 Å². The minimum atomic E-state index is -0.361. The number of amides is 1. The Balaban J connectivity index is 1.63. The first-order chi connectivity index (χ1) is 16.0. The van der Waals surface area contributed by atoms with Crippen LogP contribution in [0.3, 0.4) is 0 Å². The normalized spacial score (nSPS) is 20.9. The number of rotatable bonds is 3. The summed E-state index contributed by atoms with van der Waals surface area (Å²) in [5, 5.41) is 10.5. The molecule has 4 rings (SSSR count). The van der Waals surface area contributed by atoms with Crippen LogP contribution in [0, 0.1) is 0 Å². The van der Waals surface area contributed by atoms with E-state index in [1.54, 1.807) is 12.3 Å². The minimum absolute atomic E-state index is 0.0241. The van der Waals surface area contributed by atoms with Crippen LogP contribution in [0.1, 0.15) is 63.5 Å². The lowest BCUT2D eigenvalue weighted by Crippen LogP contribution is -2.51. The fourth-order valence-electron chi connectivity index (χ4n) is 4.74. The maximum Gasteiger partial charge on any atom is 0.254 e. The number of aliphatic hydroxyl groups excluding tert-OH is 1. The highest BCUT2D eigenvalue weighted by atomic mass is 35.5. The largest absolute Gasteiger partial charge is 0.393 e. The molecule has 1 N–H and O–H groups in total. The average Bonchev–Trinajstić information content (AvgIpc) is 2.78. The van der Waals surface area contributed by atoms with Gasteiger partial charge >= 0.3 is 0 Å². The first-order valence-corrected chi connectivity index (χ1v) is 12.1. The molecule has 2 aromatic heterocycles. The molecule has 1 aromatic carbocycles. The third-order valence-electron chi connectivity index (χ3n) is 6.54. The maximum atomic E-state index is 13.2. The van der Waals surface area contributed by atoms with E-state index in [2.05, 4.69) is 42.9 Å². The molecular weight excluding hydrogens is 446 g/mol. The number of halogens is 1. The molecule has 1 fully saturated rings. The lowest BCUT2D eigenvalue weighted by Gasteiger charge is -2.41. The van der Waals surface area contributed by atoms with E-state index in [1.165, 1.54) is 0 Å². The second kappa shape index (κ2) is 9.47. The van der Waals surface area contributed by atoms with E-state index in [9.17, 15) is 9.90 Å². The van der Waals surface area contributed by atoms with Crippen molar-refractivity contribution in [2.75, 3.05) is 0 Å². The van der Waals surface area contributed by atoms with Crippen molar-refractivity contribution in [1.82, 2.24) is 14.9 Å².